The molecule has 0 fully saturated rings. The zero-order valence-corrected chi connectivity index (χ0v) is 18.7. The molecule has 1 aliphatic rings. The van der Waals surface area contributed by atoms with Gasteiger partial charge in [0.1, 0.15) is 0 Å². The zero-order chi connectivity index (χ0) is 17.8. The van der Waals surface area contributed by atoms with E-state index in [1.807, 2.05) is 0 Å². The van der Waals surface area contributed by atoms with Gasteiger partial charge in [-0.2, -0.15) is 45.9 Å². The fourth-order valence-corrected chi connectivity index (χ4v) is 1.44. The first-order valence-electron chi connectivity index (χ1n) is 7.75. The molecular formula is C19H36MoN3. The predicted octanol–water partition coefficient (Wildman–Crippen LogP) is 4.88. The van der Waals surface area contributed by atoms with Crippen LogP contribution < -0.4 is 5.32 Å². The number of nitrogens with one attached hydrogen (secondary N) is 1. The summed E-state index contributed by atoms with van der Waals surface area (Å²) >= 11 is 0. The van der Waals surface area contributed by atoms with Gasteiger partial charge < -0.3 is 16.0 Å². The smallest absolute Gasteiger partial charge is 0.668 e. The van der Waals surface area contributed by atoms with E-state index >= 15 is 0 Å². The van der Waals surface area contributed by atoms with Gasteiger partial charge in [0.15, 0.2) is 0 Å². The summed E-state index contributed by atoms with van der Waals surface area (Å²) in [6, 6.07) is 0. The van der Waals surface area contributed by atoms with E-state index in [-0.39, 0.29) is 32.0 Å². The normalized spacial score (nSPS) is 15.0. The molecule has 0 unspecified atom stereocenters. The van der Waals surface area contributed by atoms with Crippen molar-refractivity contribution in [2.75, 3.05) is 34.7 Å². The van der Waals surface area contributed by atoms with Gasteiger partial charge in [0.05, 0.1) is 0 Å². The predicted molar refractivity (Wildman–Crippen MR) is 102 cm³/mol. The maximum Gasteiger partial charge on any atom is 3.00 e. The standard InChI is InChI=1S/C15H24N.2C2H6N.Mo/c1-14(2,3)13-8-7-12(11-13)9-10-16-15(4,5)6;2*1-3-2;/h7-9,16H,10H2,1-6H3;2*1-2H3;/q3*-1;+3. The molecule has 0 amide bonds. The average molecular weight is 402 g/mol. The second-order valence-electron chi connectivity index (χ2n) is 7.31. The molecule has 0 bridgehead atoms. The van der Waals surface area contributed by atoms with Gasteiger partial charge in [0.25, 0.3) is 0 Å². The summed E-state index contributed by atoms with van der Waals surface area (Å²) in [5, 5.41) is 10.4. The van der Waals surface area contributed by atoms with Crippen molar-refractivity contribution >= 4 is 0 Å². The van der Waals surface area contributed by atoms with Crippen LogP contribution in [0.5, 0.6) is 0 Å². The van der Waals surface area contributed by atoms with E-state index in [0.717, 1.165) is 6.54 Å². The van der Waals surface area contributed by atoms with Crippen LogP contribution in [0, 0.1) is 11.5 Å². The second kappa shape index (κ2) is 14.2. The Hall–Kier alpha value is -0.212. The molecular weight excluding hydrogens is 366 g/mol. The molecule has 1 radical (unpaired) electrons. The molecule has 1 rings (SSSR count). The van der Waals surface area contributed by atoms with Crippen LogP contribution in [0.25, 0.3) is 10.6 Å². The molecule has 0 aromatic rings. The molecule has 0 saturated heterocycles. The van der Waals surface area contributed by atoms with Gasteiger partial charge in [-0.3, -0.25) is 0 Å². The molecule has 3 nitrogen and oxygen atoms in total. The van der Waals surface area contributed by atoms with Gasteiger partial charge in [-0.1, -0.05) is 20.8 Å². The Labute approximate surface area is 159 Å². The Balaban J connectivity index is -0.000000497. The topological polar surface area (TPSA) is 40.2 Å². The van der Waals surface area contributed by atoms with Crippen LogP contribution in [0.2, 0.25) is 0 Å². The van der Waals surface area contributed by atoms with Gasteiger partial charge in [-0.25, -0.2) is 0 Å². The maximum atomic E-state index is 3.50. The molecule has 0 aliphatic heterocycles. The van der Waals surface area contributed by atoms with E-state index < -0.39 is 0 Å². The first-order valence-corrected chi connectivity index (χ1v) is 7.75. The molecule has 1 N–H and O–H groups in total. The van der Waals surface area contributed by atoms with E-state index in [0.29, 0.717) is 0 Å². The third kappa shape index (κ3) is 18.0. The Bertz CT molecular complexity index is 367. The Kier molecular flexibility index (Phi) is 17.0. The van der Waals surface area contributed by atoms with Crippen molar-refractivity contribution < 1.29 is 21.1 Å². The van der Waals surface area contributed by atoms with Gasteiger partial charge in [-0.05, 0) is 32.7 Å². The molecule has 0 atom stereocenters. The zero-order valence-electron chi connectivity index (χ0n) is 16.7. The quantitative estimate of drug-likeness (QED) is 0.519. The summed E-state index contributed by atoms with van der Waals surface area (Å²) < 4.78 is 0. The summed E-state index contributed by atoms with van der Waals surface area (Å²) in [6.45, 7) is 14.1. The van der Waals surface area contributed by atoms with Crippen molar-refractivity contribution in [2.45, 2.75) is 47.1 Å². The summed E-state index contributed by atoms with van der Waals surface area (Å²) in [5.74, 6) is 0. The first kappa shape index (κ1) is 27.6. The van der Waals surface area contributed by atoms with Gasteiger partial charge >= 0.3 is 21.1 Å². The summed E-state index contributed by atoms with van der Waals surface area (Å²) in [6.07, 6.45) is 9.95. The second-order valence-corrected chi connectivity index (χ2v) is 7.31. The van der Waals surface area contributed by atoms with Crippen molar-refractivity contribution in [3.05, 3.63) is 46.1 Å². The fraction of sp³-hybridized carbons (Fsp3) is 0.684. The number of hydrogen-bond acceptors (Lipinski definition) is 1. The summed E-state index contributed by atoms with van der Waals surface area (Å²) in [4.78, 5) is 0. The first-order chi connectivity index (χ1) is 10.0. The van der Waals surface area contributed by atoms with Crippen LogP contribution in [-0.2, 0) is 21.1 Å². The third-order valence-electron chi connectivity index (χ3n) is 2.47. The van der Waals surface area contributed by atoms with Crippen LogP contribution >= 0.6 is 0 Å². The van der Waals surface area contributed by atoms with Gasteiger partial charge in [0.2, 0.25) is 0 Å². The van der Waals surface area contributed by atoms with Crippen LogP contribution in [0.3, 0.4) is 0 Å². The molecule has 0 aromatic carbocycles. The van der Waals surface area contributed by atoms with Crippen LogP contribution in [-0.4, -0.2) is 40.3 Å². The number of nitrogens with zero attached hydrogens (tertiary/aromatic N) is 2. The summed E-state index contributed by atoms with van der Waals surface area (Å²) in [7, 11) is 7.00. The van der Waals surface area contributed by atoms with Crippen LogP contribution in [0.4, 0.5) is 0 Å². The SMILES string of the molecule is CC(C)(C)NCC=C1[C-]=C(C(C)(C)C)C=C1.C[N-]C.C[N-]C.[Mo+3]. The molecule has 0 heterocycles. The Morgan fingerprint density at radius 1 is 0.957 bits per heavy atom. The van der Waals surface area contributed by atoms with E-state index in [1.54, 1.807) is 28.2 Å². The summed E-state index contributed by atoms with van der Waals surface area (Å²) in [5.41, 5.74) is 2.86. The van der Waals surface area contributed by atoms with E-state index in [1.165, 1.54) is 11.1 Å². The number of allylic oxidation sites excluding steroid dienone is 5. The molecule has 133 valence electrons. The van der Waals surface area contributed by atoms with Crippen LogP contribution in [0.15, 0.2) is 29.4 Å². The van der Waals surface area contributed by atoms with Gasteiger partial charge in [-0.15, -0.1) is 17.7 Å². The number of rotatable bonds is 2. The van der Waals surface area contributed by atoms with Crippen LogP contribution in [0.1, 0.15) is 41.5 Å². The van der Waals surface area contributed by atoms with E-state index in [4.69, 9.17) is 0 Å². The Morgan fingerprint density at radius 2 is 1.39 bits per heavy atom. The van der Waals surface area contributed by atoms with Crippen molar-refractivity contribution in [2.24, 2.45) is 5.41 Å². The monoisotopic (exact) mass is 404 g/mol. The van der Waals surface area contributed by atoms with Crippen molar-refractivity contribution in [3.63, 3.8) is 0 Å². The van der Waals surface area contributed by atoms with E-state index in [9.17, 15) is 0 Å². The minimum Gasteiger partial charge on any atom is -0.668 e. The molecule has 1 aliphatic carbocycles. The molecule has 23 heavy (non-hydrogen) atoms. The molecule has 0 aromatic heterocycles. The fourth-order valence-electron chi connectivity index (χ4n) is 1.44. The van der Waals surface area contributed by atoms with Crippen molar-refractivity contribution in [1.29, 1.82) is 0 Å². The molecule has 0 saturated carbocycles. The minimum atomic E-state index is 0. The minimum absolute atomic E-state index is 0. The molecule has 4 heteroatoms. The van der Waals surface area contributed by atoms with Crippen molar-refractivity contribution in [3.8, 4) is 0 Å². The third-order valence-corrected chi connectivity index (χ3v) is 2.47. The van der Waals surface area contributed by atoms with Gasteiger partial charge in [0, 0.05) is 5.54 Å². The number of hydrogen-bond donors (Lipinski definition) is 1. The maximum absolute atomic E-state index is 3.50. The largest absolute Gasteiger partial charge is 3.00 e. The van der Waals surface area contributed by atoms with E-state index in [2.05, 4.69) is 81.8 Å². The Morgan fingerprint density at radius 3 is 1.70 bits per heavy atom. The molecule has 0 spiro atoms. The van der Waals surface area contributed by atoms with Crippen molar-refractivity contribution in [1.82, 2.24) is 5.32 Å². The average Bonchev–Trinajstić information content (AvgIpc) is 2.77.